The summed E-state index contributed by atoms with van der Waals surface area (Å²) in [6.45, 7) is 0. The van der Waals surface area contributed by atoms with Gasteiger partial charge in [-0.2, -0.15) is 5.11 Å². The second-order valence-corrected chi connectivity index (χ2v) is 8.11. The monoisotopic (exact) mass is 407 g/mol. The lowest BCUT2D eigenvalue weighted by atomic mass is 10.3. The van der Waals surface area contributed by atoms with Crippen molar-refractivity contribution in [1.82, 2.24) is 15.0 Å². The highest BCUT2D eigenvalue weighted by atomic mass is 32.2. The fourth-order valence-corrected chi connectivity index (χ4v) is 3.93. The molecule has 3 N–H and O–H groups in total. The van der Waals surface area contributed by atoms with Gasteiger partial charge in [0, 0.05) is 11.6 Å². The number of nitrogen functional groups attached to an aromatic ring is 1. The molecule has 3 rings (SSSR count). The van der Waals surface area contributed by atoms with E-state index in [1.165, 1.54) is 59.8 Å². The molecule has 0 atom stereocenters. The van der Waals surface area contributed by atoms with E-state index < -0.39 is 10.0 Å². The molecule has 0 radical (unpaired) electrons. The molecule has 26 heavy (non-hydrogen) atoms. The van der Waals surface area contributed by atoms with Gasteiger partial charge < -0.3 is 5.73 Å². The van der Waals surface area contributed by atoms with E-state index in [-0.39, 0.29) is 10.7 Å². The first-order chi connectivity index (χ1) is 12.5. The van der Waals surface area contributed by atoms with Crippen LogP contribution in [0.25, 0.3) is 0 Å². The van der Waals surface area contributed by atoms with Crippen molar-refractivity contribution in [3.63, 3.8) is 0 Å². The summed E-state index contributed by atoms with van der Waals surface area (Å²) >= 11 is 2.57. The Morgan fingerprint density at radius 1 is 1.19 bits per heavy atom. The molecule has 3 aromatic rings. The van der Waals surface area contributed by atoms with Gasteiger partial charge in [0.1, 0.15) is 5.69 Å². The lowest BCUT2D eigenvalue weighted by Gasteiger charge is -2.05. The van der Waals surface area contributed by atoms with E-state index in [0.29, 0.717) is 21.7 Å². The van der Waals surface area contributed by atoms with Gasteiger partial charge in [-0.1, -0.05) is 11.8 Å². The van der Waals surface area contributed by atoms with Crippen molar-refractivity contribution in [1.29, 1.82) is 0 Å². The lowest BCUT2D eigenvalue weighted by molar-refractivity contribution is 0.601. The lowest BCUT2D eigenvalue weighted by Crippen LogP contribution is -2.12. The fraction of sp³-hybridized carbons (Fsp3) is 0.0714. The Kier molecular flexibility index (Phi) is 5.44. The third-order valence-corrected chi connectivity index (χ3v) is 5.77. The third-order valence-electron chi connectivity index (χ3n) is 3.03. The van der Waals surface area contributed by atoms with Gasteiger partial charge >= 0.3 is 0 Å². The Bertz CT molecular complexity index is 1020. The minimum atomic E-state index is -3.70. The van der Waals surface area contributed by atoms with Gasteiger partial charge in [-0.15, -0.1) is 16.5 Å². The predicted octanol–water partition coefficient (Wildman–Crippen LogP) is 3.45. The Morgan fingerprint density at radius 3 is 2.58 bits per heavy atom. The number of sulfonamides is 1. The van der Waals surface area contributed by atoms with Gasteiger partial charge in [0.25, 0.3) is 10.0 Å². The molecule has 9 nitrogen and oxygen atoms in total. The summed E-state index contributed by atoms with van der Waals surface area (Å²) in [5.41, 5.74) is 6.60. The molecule has 0 saturated heterocycles. The summed E-state index contributed by atoms with van der Waals surface area (Å²) in [5.74, 6) is 0.222. The van der Waals surface area contributed by atoms with Crippen LogP contribution in [0, 0.1) is 0 Å². The number of nitrogens with one attached hydrogen (secondary N) is 1. The third kappa shape index (κ3) is 4.33. The molecule has 134 valence electrons. The zero-order valence-electron chi connectivity index (χ0n) is 13.4. The van der Waals surface area contributed by atoms with E-state index in [0.717, 1.165) is 0 Å². The summed E-state index contributed by atoms with van der Waals surface area (Å²) in [6.07, 6.45) is 4.84. The van der Waals surface area contributed by atoms with Crippen molar-refractivity contribution in [3.8, 4) is 0 Å². The number of rotatable bonds is 6. The van der Waals surface area contributed by atoms with Gasteiger partial charge in [-0.25, -0.2) is 23.4 Å². The first-order valence-electron chi connectivity index (χ1n) is 7.08. The standard InChI is InChI=1S/C14H13N7O2S3/c1-24-13-17-8-11(12(15)18-13)20-19-9-2-4-10(5-3-9)26(22,23)21-14-16-6-7-25-14/h2-8H,1H3,(H,16,21)(H2,15,17,18). The molecule has 0 amide bonds. The second-order valence-electron chi connectivity index (χ2n) is 4.76. The van der Waals surface area contributed by atoms with E-state index >= 15 is 0 Å². The Labute approximate surface area is 157 Å². The van der Waals surface area contributed by atoms with Gasteiger partial charge in [0.2, 0.25) is 0 Å². The summed E-state index contributed by atoms with van der Waals surface area (Å²) in [6, 6.07) is 5.93. The van der Waals surface area contributed by atoms with Gasteiger partial charge in [-0.3, -0.25) is 4.72 Å². The molecule has 2 aromatic heterocycles. The number of nitrogens with zero attached hydrogens (tertiary/aromatic N) is 5. The van der Waals surface area contributed by atoms with Crippen LogP contribution in [-0.2, 0) is 10.0 Å². The molecule has 0 spiro atoms. The average molecular weight is 408 g/mol. The number of nitrogens with two attached hydrogens (primary N) is 1. The van der Waals surface area contributed by atoms with Crippen LogP contribution in [0.2, 0.25) is 0 Å². The molecular weight excluding hydrogens is 394 g/mol. The molecule has 0 aliphatic carbocycles. The van der Waals surface area contributed by atoms with Crippen molar-refractivity contribution < 1.29 is 8.42 Å². The summed E-state index contributed by atoms with van der Waals surface area (Å²) in [4.78, 5) is 12.1. The number of azo groups is 1. The van der Waals surface area contributed by atoms with Crippen molar-refractivity contribution in [3.05, 3.63) is 42.0 Å². The van der Waals surface area contributed by atoms with Crippen molar-refractivity contribution in [2.24, 2.45) is 10.2 Å². The first kappa shape index (κ1) is 18.2. The Balaban J connectivity index is 1.75. The molecule has 0 fully saturated rings. The molecule has 0 aliphatic rings. The number of thiazole rings is 1. The smallest absolute Gasteiger partial charge is 0.263 e. The molecule has 0 saturated carbocycles. The van der Waals surface area contributed by atoms with E-state index in [1.54, 1.807) is 5.38 Å². The molecule has 1 aromatic carbocycles. The molecular formula is C14H13N7O2S3. The van der Waals surface area contributed by atoms with Crippen LogP contribution in [-0.4, -0.2) is 29.6 Å². The predicted molar refractivity (Wildman–Crippen MR) is 102 cm³/mol. The van der Waals surface area contributed by atoms with E-state index in [4.69, 9.17) is 5.73 Å². The zero-order chi connectivity index (χ0) is 18.6. The molecule has 0 aliphatic heterocycles. The van der Waals surface area contributed by atoms with Gasteiger partial charge in [0.15, 0.2) is 16.1 Å². The van der Waals surface area contributed by atoms with E-state index in [9.17, 15) is 8.42 Å². The molecule has 0 unspecified atom stereocenters. The number of aromatic nitrogens is 3. The quantitative estimate of drug-likeness (QED) is 0.363. The highest BCUT2D eigenvalue weighted by Crippen LogP contribution is 2.25. The average Bonchev–Trinajstić information content (AvgIpc) is 3.13. The van der Waals surface area contributed by atoms with Gasteiger partial charge in [-0.05, 0) is 30.5 Å². The minimum absolute atomic E-state index is 0.0961. The zero-order valence-corrected chi connectivity index (χ0v) is 15.8. The topological polar surface area (TPSA) is 136 Å². The van der Waals surface area contributed by atoms with Crippen LogP contribution in [0.4, 0.5) is 22.3 Å². The first-order valence-corrected chi connectivity index (χ1v) is 10.7. The maximum Gasteiger partial charge on any atom is 0.263 e. The fourth-order valence-electron chi connectivity index (χ4n) is 1.80. The van der Waals surface area contributed by atoms with Gasteiger partial charge in [0.05, 0.1) is 16.8 Å². The van der Waals surface area contributed by atoms with Crippen molar-refractivity contribution in [2.75, 3.05) is 16.7 Å². The number of hydrogen-bond donors (Lipinski definition) is 2. The Hall–Kier alpha value is -2.57. The normalized spacial score (nSPS) is 11.7. The van der Waals surface area contributed by atoms with Crippen LogP contribution in [0.1, 0.15) is 0 Å². The van der Waals surface area contributed by atoms with Crippen LogP contribution in [0.15, 0.2) is 62.3 Å². The Morgan fingerprint density at radius 2 is 1.96 bits per heavy atom. The summed E-state index contributed by atoms with van der Waals surface area (Å²) in [5, 5.41) is 10.6. The SMILES string of the molecule is CSc1ncc(N=Nc2ccc(S(=O)(=O)Nc3nccs3)cc2)c(N)n1. The summed E-state index contributed by atoms with van der Waals surface area (Å²) < 4.78 is 26.9. The summed E-state index contributed by atoms with van der Waals surface area (Å²) in [7, 11) is -3.70. The van der Waals surface area contributed by atoms with Crippen LogP contribution in [0.5, 0.6) is 0 Å². The van der Waals surface area contributed by atoms with E-state index in [2.05, 4.69) is 29.9 Å². The highest BCUT2D eigenvalue weighted by Gasteiger charge is 2.15. The van der Waals surface area contributed by atoms with Crippen LogP contribution in [0.3, 0.4) is 0 Å². The molecule has 2 heterocycles. The number of thioether (sulfide) groups is 1. The number of benzene rings is 1. The minimum Gasteiger partial charge on any atom is -0.382 e. The molecule has 0 bridgehead atoms. The molecule has 12 heteroatoms. The van der Waals surface area contributed by atoms with Crippen molar-refractivity contribution >= 4 is 55.4 Å². The van der Waals surface area contributed by atoms with E-state index in [1.807, 2.05) is 6.26 Å². The maximum absolute atomic E-state index is 12.3. The number of hydrogen-bond acceptors (Lipinski definition) is 10. The van der Waals surface area contributed by atoms with Crippen LogP contribution < -0.4 is 10.5 Å². The van der Waals surface area contributed by atoms with Crippen LogP contribution >= 0.6 is 23.1 Å². The second kappa shape index (κ2) is 7.76. The highest BCUT2D eigenvalue weighted by molar-refractivity contribution is 7.98. The van der Waals surface area contributed by atoms with Crippen molar-refractivity contribution in [2.45, 2.75) is 10.1 Å². The largest absolute Gasteiger partial charge is 0.382 e. The number of anilines is 2. The maximum atomic E-state index is 12.3.